The summed E-state index contributed by atoms with van der Waals surface area (Å²) in [6.07, 6.45) is -3.72. The summed E-state index contributed by atoms with van der Waals surface area (Å²) in [6, 6.07) is 3.47. The van der Waals surface area contributed by atoms with E-state index in [1.54, 1.807) is 0 Å². The van der Waals surface area contributed by atoms with Gasteiger partial charge >= 0.3 is 6.18 Å². The van der Waals surface area contributed by atoms with Crippen LogP contribution in [0.5, 0.6) is 0 Å². The molecule has 2 aromatic rings. The predicted octanol–water partition coefficient (Wildman–Crippen LogP) is 3.15. The number of hydrogen-bond donors (Lipinski definition) is 1. The van der Waals surface area contributed by atoms with Crippen molar-refractivity contribution in [3.63, 3.8) is 0 Å². The van der Waals surface area contributed by atoms with Gasteiger partial charge in [-0.2, -0.15) is 13.2 Å². The lowest BCUT2D eigenvalue weighted by atomic mass is 9.92. The molecule has 0 amide bonds. The molecule has 0 saturated carbocycles. The summed E-state index contributed by atoms with van der Waals surface area (Å²) >= 11 is 0. The van der Waals surface area contributed by atoms with E-state index in [0.29, 0.717) is 5.69 Å². The van der Waals surface area contributed by atoms with Crippen LogP contribution >= 0.6 is 0 Å². The fraction of sp³-hybridized carbons (Fsp3) is 0.357. The summed E-state index contributed by atoms with van der Waals surface area (Å²) in [7, 11) is 0. The Morgan fingerprint density at radius 3 is 2.29 bits per heavy atom. The standard InChI is InChI=1S/C14H14F3N3O/c1-13(2,3)10-6-11(21)20-12(19-10)9-5-4-8(7-18-9)14(15,16)17/h4-7H,1-3H3,(H,19,20,21). The van der Waals surface area contributed by atoms with Crippen LogP contribution in [0.3, 0.4) is 0 Å². The Bertz CT molecular complexity index is 697. The number of aromatic nitrogens is 3. The van der Waals surface area contributed by atoms with E-state index in [1.807, 2.05) is 20.8 Å². The summed E-state index contributed by atoms with van der Waals surface area (Å²) < 4.78 is 37.5. The molecule has 0 unspecified atom stereocenters. The van der Waals surface area contributed by atoms with E-state index < -0.39 is 11.7 Å². The molecule has 2 rings (SSSR count). The SMILES string of the molecule is CC(C)(C)c1cc(=O)[nH]c(-c2ccc(C(F)(F)F)cn2)n1. The second kappa shape index (κ2) is 4.98. The molecule has 0 radical (unpaired) electrons. The summed E-state index contributed by atoms with van der Waals surface area (Å²) in [5.74, 6) is 0.154. The third-order valence-corrected chi connectivity index (χ3v) is 2.84. The normalized spacial score (nSPS) is 12.5. The highest BCUT2D eigenvalue weighted by atomic mass is 19.4. The number of nitrogens with one attached hydrogen (secondary N) is 1. The van der Waals surface area contributed by atoms with E-state index in [9.17, 15) is 18.0 Å². The van der Waals surface area contributed by atoms with E-state index in [1.165, 1.54) is 12.1 Å². The van der Waals surface area contributed by atoms with Crippen molar-refractivity contribution >= 4 is 0 Å². The van der Waals surface area contributed by atoms with Crippen LogP contribution in [0, 0.1) is 0 Å². The highest BCUT2D eigenvalue weighted by Gasteiger charge is 2.30. The maximum atomic E-state index is 12.5. The molecule has 0 atom stereocenters. The van der Waals surface area contributed by atoms with Crippen molar-refractivity contribution in [1.82, 2.24) is 15.0 Å². The average Bonchev–Trinajstić information content (AvgIpc) is 2.36. The van der Waals surface area contributed by atoms with E-state index in [0.717, 1.165) is 12.3 Å². The summed E-state index contributed by atoms with van der Waals surface area (Å²) in [5.41, 5.74) is -0.837. The molecule has 0 fully saturated rings. The molecule has 0 aliphatic carbocycles. The van der Waals surface area contributed by atoms with Crippen LogP contribution in [0.25, 0.3) is 11.5 Å². The van der Waals surface area contributed by atoms with Gasteiger partial charge in [-0.1, -0.05) is 20.8 Å². The molecule has 1 N–H and O–H groups in total. The predicted molar refractivity (Wildman–Crippen MR) is 71.8 cm³/mol. The molecule has 112 valence electrons. The first-order chi connectivity index (χ1) is 9.57. The van der Waals surface area contributed by atoms with Gasteiger partial charge in [-0.05, 0) is 12.1 Å². The molecule has 4 nitrogen and oxygen atoms in total. The second-order valence-electron chi connectivity index (χ2n) is 5.66. The summed E-state index contributed by atoms with van der Waals surface area (Å²) in [4.78, 5) is 22.1. The minimum atomic E-state index is -4.44. The minimum absolute atomic E-state index is 0.154. The highest BCUT2D eigenvalue weighted by Crippen LogP contribution is 2.29. The Morgan fingerprint density at radius 1 is 1.14 bits per heavy atom. The smallest absolute Gasteiger partial charge is 0.305 e. The molecule has 0 spiro atoms. The van der Waals surface area contributed by atoms with Gasteiger partial charge in [0.15, 0.2) is 5.82 Å². The Balaban J connectivity index is 2.48. The molecular weight excluding hydrogens is 283 g/mol. The molecule has 7 heteroatoms. The number of alkyl halides is 3. The van der Waals surface area contributed by atoms with E-state index in [2.05, 4.69) is 15.0 Å². The Labute approximate surface area is 119 Å². The molecule has 2 heterocycles. The van der Waals surface area contributed by atoms with Crippen molar-refractivity contribution in [3.8, 4) is 11.5 Å². The largest absolute Gasteiger partial charge is 0.417 e. The molecule has 0 aliphatic rings. The van der Waals surface area contributed by atoms with Gasteiger partial charge < -0.3 is 4.98 Å². The molecule has 0 bridgehead atoms. The fourth-order valence-electron chi connectivity index (χ4n) is 1.66. The number of H-pyrrole nitrogens is 1. The van der Waals surface area contributed by atoms with Gasteiger partial charge in [0.1, 0.15) is 5.69 Å². The van der Waals surface area contributed by atoms with Crippen LogP contribution in [0.1, 0.15) is 32.0 Å². The molecule has 0 aromatic carbocycles. The topological polar surface area (TPSA) is 58.6 Å². The van der Waals surface area contributed by atoms with Gasteiger partial charge in [0.25, 0.3) is 5.56 Å². The molecule has 2 aromatic heterocycles. The lowest BCUT2D eigenvalue weighted by molar-refractivity contribution is -0.137. The fourth-order valence-corrected chi connectivity index (χ4v) is 1.66. The van der Waals surface area contributed by atoms with Crippen LogP contribution < -0.4 is 5.56 Å². The number of halogens is 3. The zero-order valence-corrected chi connectivity index (χ0v) is 11.7. The molecule has 21 heavy (non-hydrogen) atoms. The van der Waals surface area contributed by atoms with Gasteiger partial charge in [0, 0.05) is 17.7 Å². The van der Waals surface area contributed by atoms with Crippen molar-refractivity contribution < 1.29 is 13.2 Å². The quantitative estimate of drug-likeness (QED) is 0.879. The van der Waals surface area contributed by atoms with E-state index in [-0.39, 0.29) is 22.5 Å². The first kappa shape index (κ1) is 15.2. The van der Waals surface area contributed by atoms with Crippen LogP contribution in [-0.2, 0) is 11.6 Å². The van der Waals surface area contributed by atoms with Crippen molar-refractivity contribution in [2.75, 3.05) is 0 Å². The first-order valence-corrected chi connectivity index (χ1v) is 6.23. The maximum Gasteiger partial charge on any atom is 0.417 e. The maximum absolute atomic E-state index is 12.5. The zero-order chi connectivity index (χ0) is 15.8. The zero-order valence-electron chi connectivity index (χ0n) is 11.7. The Kier molecular flexibility index (Phi) is 3.61. The van der Waals surface area contributed by atoms with E-state index >= 15 is 0 Å². The number of aromatic amines is 1. The van der Waals surface area contributed by atoms with Gasteiger partial charge in [-0.25, -0.2) is 4.98 Å². The van der Waals surface area contributed by atoms with Crippen LogP contribution in [-0.4, -0.2) is 15.0 Å². The Hall–Kier alpha value is -2.18. The van der Waals surface area contributed by atoms with Gasteiger partial charge in [-0.15, -0.1) is 0 Å². The van der Waals surface area contributed by atoms with Crippen molar-refractivity contribution in [1.29, 1.82) is 0 Å². The van der Waals surface area contributed by atoms with Crippen molar-refractivity contribution in [2.45, 2.75) is 32.4 Å². The Morgan fingerprint density at radius 2 is 1.81 bits per heavy atom. The monoisotopic (exact) mass is 297 g/mol. The van der Waals surface area contributed by atoms with Crippen molar-refractivity contribution in [2.24, 2.45) is 0 Å². The molecular formula is C14H14F3N3O. The van der Waals surface area contributed by atoms with Crippen LogP contribution in [0.2, 0.25) is 0 Å². The lowest BCUT2D eigenvalue weighted by Gasteiger charge is -2.17. The minimum Gasteiger partial charge on any atom is -0.305 e. The number of nitrogens with zero attached hydrogens (tertiary/aromatic N) is 2. The number of pyridine rings is 1. The third-order valence-electron chi connectivity index (χ3n) is 2.84. The van der Waals surface area contributed by atoms with E-state index in [4.69, 9.17) is 0 Å². The summed E-state index contributed by atoms with van der Waals surface area (Å²) in [6.45, 7) is 5.66. The average molecular weight is 297 g/mol. The van der Waals surface area contributed by atoms with Gasteiger partial charge in [0.05, 0.1) is 11.3 Å². The van der Waals surface area contributed by atoms with Crippen molar-refractivity contribution in [3.05, 3.63) is 46.0 Å². The third kappa shape index (κ3) is 3.48. The summed E-state index contributed by atoms with van der Waals surface area (Å²) in [5, 5.41) is 0. The highest BCUT2D eigenvalue weighted by molar-refractivity contribution is 5.49. The lowest BCUT2D eigenvalue weighted by Crippen LogP contribution is -2.20. The molecule has 0 aliphatic heterocycles. The number of rotatable bonds is 1. The molecule has 0 saturated heterocycles. The van der Waals surface area contributed by atoms with Gasteiger partial charge in [0.2, 0.25) is 0 Å². The first-order valence-electron chi connectivity index (χ1n) is 6.23. The second-order valence-corrected chi connectivity index (χ2v) is 5.66. The van der Waals surface area contributed by atoms with Crippen LogP contribution in [0.4, 0.5) is 13.2 Å². The van der Waals surface area contributed by atoms with Gasteiger partial charge in [-0.3, -0.25) is 9.78 Å². The number of hydrogen-bond acceptors (Lipinski definition) is 3. The van der Waals surface area contributed by atoms with Crippen LogP contribution in [0.15, 0.2) is 29.2 Å².